The summed E-state index contributed by atoms with van der Waals surface area (Å²) in [6.07, 6.45) is 4.76. The van der Waals surface area contributed by atoms with E-state index in [0.29, 0.717) is 29.1 Å². The van der Waals surface area contributed by atoms with E-state index in [1.807, 2.05) is 6.07 Å². The fraction of sp³-hybridized carbons (Fsp3) is 0.481. The second kappa shape index (κ2) is 10.4. The molecule has 5 nitrogen and oxygen atoms in total. The number of aromatic nitrogens is 1. The van der Waals surface area contributed by atoms with Gasteiger partial charge in [0.15, 0.2) is 0 Å². The number of anilines is 1. The van der Waals surface area contributed by atoms with Crippen LogP contribution in [0.15, 0.2) is 36.9 Å². The summed E-state index contributed by atoms with van der Waals surface area (Å²) in [5, 5.41) is 7.50. The maximum absolute atomic E-state index is 13.6. The summed E-state index contributed by atoms with van der Waals surface area (Å²) in [5.41, 5.74) is 0.0512. The minimum Gasteiger partial charge on any atom is -0.382 e. The average molecular weight is 487 g/mol. The number of halogens is 3. The number of allylic oxidation sites excluding steroid dienone is 1. The summed E-state index contributed by atoms with van der Waals surface area (Å²) in [4.78, 5) is 18.4. The minimum atomic E-state index is -4.59. The van der Waals surface area contributed by atoms with Gasteiger partial charge in [0.05, 0.1) is 17.0 Å². The molecule has 0 unspecified atom stereocenters. The minimum absolute atomic E-state index is 0.0164. The van der Waals surface area contributed by atoms with Gasteiger partial charge < -0.3 is 15.5 Å². The Morgan fingerprint density at radius 2 is 1.86 bits per heavy atom. The number of rotatable bonds is 8. The molecule has 2 fully saturated rings. The van der Waals surface area contributed by atoms with E-state index >= 15 is 0 Å². The van der Waals surface area contributed by atoms with Crippen LogP contribution < -0.4 is 10.6 Å². The summed E-state index contributed by atoms with van der Waals surface area (Å²) in [6.45, 7) is 3.62. The summed E-state index contributed by atoms with van der Waals surface area (Å²) < 4.78 is 40.9. The Kier molecular flexibility index (Phi) is 7.50. The molecule has 0 atom stereocenters. The fourth-order valence-corrected chi connectivity index (χ4v) is 4.66. The van der Waals surface area contributed by atoms with E-state index in [0.717, 1.165) is 44.2 Å². The van der Waals surface area contributed by atoms with Crippen LogP contribution in [0.3, 0.4) is 0 Å². The lowest BCUT2D eigenvalue weighted by atomic mass is 9.90. The van der Waals surface area contributed by atoms with Gasteiger partial charge in [-0.3, -0.25) is 4.79 Å². The van der Waals surface area contributed by atoms with Gasteiger partial charge in [0, 0.05) is 41.0 Å². The topological polar surface area (TPSA) is 57.3 Å². The molecule has 1 aromatic heterocycles. The van der Waals surface area contributed by atoms with Crippen LogP contribution in [0.5, 0.6) is 0 Å². The second-order valence-corrected chi connectivity index (χ2v) is 9.81. The predicted molar refractivity (Wildman–Crippen MR) is 135 cm³/mol. The molecule has 0 saturated heterocycles. The third-order valence-electron chi connectivity index (χ3n) is 6.94. The number of carbonyl (C=O) groups is 1. The van der Waals surface area contributed by atoms with Crippen molar-refractivity contribution in [3.63, 3.8) is 0 Å². The Morgan fingerprint density at radius 3 is 2.49 bits per heavy atom. The molecule has 0 spiro atoms. The normalized spacial score (nSPS) is 21.0. The molecule has 188 valence electrons. The largest absolute Gasteiger partial charge is 0.417 e. The molecule has 35 heavy (non-hydrogen) atoms. The molecule has 4 rings (SSSR count). The van der Waals surface area contributed by atoms with Gasteiger partial charge in [0.1, 0.15) is 0 Å². The van der Waals surface area contributed by atoms with Crippen molar-refractivity contribution in [2.24, 2.45) is 5.92 Å². The van der Waals surface area contributed by atoms with E-state index in [1.165, 1.54) is 0 Å². The van der Waals surface area contributed by atoms with E-state index in [1.54, 1.807) is 30.4 Å². The number of pyridine rings is 1. The zero-order valence-electron chi connectivity index (χ0n) is 20.3. The van der Waals surface area contributed by atoms with Crippen LogP contribution in [-0.2, 0) is 4.79 Å². The quantitative estimate of drug-likeness (QED) is 0.508. The van der Waals surface area contributed by atoms with Gasteiger partial charge in [-0.15, -0.1) is 0 Å². The van der Waals surface area contributed by atoms with E-state index < -0.39 is 11.7 Å². The van der Waals surface area contributed by atoms with E-state index in [9.17, 15) is 18.0 Å². The molecule has 0 aliphatic heterocycles. The van der Waals surface area contributed by atoms with Crippen LogP contribution >= 0.6 is 0 Å². The summed E-state index contributed by atoms with van der Waals surface area (Å²) in [5.74, 6) is 0.119. The first-order chi connectivity index (χ1) is 16.6. The van der Waals surface area contributed by atoms with Crippen molar-refractivity contribution in [3.05, 3.63) is 48.3 Å². The van der Waals surface area contributed by atoms with Crippen molar-refractivity contribution in [1.29, 1.82) is 0 Å². The maximum atomic E-state index is 13.6. The molecule has 0 radical (unpaired) electrons. The number of hydrogen-bond acceptors (Lipinski definition) is 4. The Labute approximate surface area is 204 Å². The van der Waals surface area contributed by atoms with Crippen LogP contribution in [0, 0.1) is 5.92 Å². The highest BCUT2D eigenvalue weighted by atomic mass is 19.4. The summed E-state index contributed by atoms with van der Waals surface area (Å²) >= 11 is 0. The number of fused-ring (bicyclic) bond motifs is 1. The Balaban J connectivity index is 1.61. The maximum Gasteiger partial charge on any atom is 0.417 e. The third-order valence-corrected chi connectivity index (χ3v) is 6.94. The van der Waals surface area contributed by atoms with Crippen LogP contribution in [0.1, 0.15) is 49.9 Å². The molecule has 2 aliphatic rings. The molecule has 2 N–H and O–H groups in total. The van der Waals surface area contributed by atoms with Crippen LogP contribution in [0.25, 0.3) is 22.4 Å². The van der Waals surface area contributed by atoms with Crippen LogP contribution in [0.4, 0.5) is 18.9 Å². The van der Waals surface area contributed by atoms with Gasteiger partial charge in [-0.05, 0) is 70.8 Å². The first-order valence-corrected chi connectivity index (χ1v) is 12.2. The number of carbonyl (C=O) groups excluding carboxylic acids is 1. The fourth-order valence-electron chi connectivity index (χ4n) is 4.66. The van der Waals surface area contributed by atoms with Gasteiger partial charge in [0.25, 0.3) is 0 Å². The number of nitrogens with zero attached hydrogens (tertiary/aromatic N) is 2. The van der Waals surface area contributed by atoms with Gasteiger partial charge in [-0.25, -0.2) is 4.98 Å². The zero-order valence-corrected chi connectivity index (χ0v) is 20.3. The summed E-state index contributed by atoms with van der Waals surface area (Å²) in [6, 6.07) is 7.94. The molecular formula is C27H33F3N4O. The SMILES string of the molecule is C=C(c1nc(/C=C/CNC(=O)C2CC2)cc2c(NC3CCC(N(C)C)CC3)cccc12)C(F)(F)F. The molecule has 2 aromatic rings. The Bertz CT molecular complexity index is 1110. The second-order valence-electron chi connectivity index (χ2n) is 9.81. The highest BCUT2D eigenvalue weighted by molar-refractivity contribution is 6.00. The highest BCUT2D eigenvalue weighted by Crippen LogP contribution is 2.38. The number of amides is 1. The molecular weight excluding hydrogens is 453 g/mol. The lowest BCUT2D eigenvalue weighted by Crippen LogP contribution is -2.36. The highest BCUT2D eigenvalue weighted by Gasteiger charge is 2.35. The molecule has 1 amide bonds. The first kappa shape index (κ1) is 25.2. The van der Waals surface area contributed by atoms with Crippen LogP contribution in [0.2, 0.25) is 0 Å². The van der Waals surface area contributed by atoms with Crippen molar-refractivity contribution < 1.29 is 18.0 Å². The van der Waals surface area contributed by atoms with Gasteiger partial charge >= 0.3 is 6.18 Å². The van der Waals surface area contributed by atoms with Gasteiger partial charge in [-0.2, -0.15) is 13.2 Å². The Hall–Kier alpha value is -2.87. The molecule has 8 heteroatoms. The number of hydrogen-bond donors (Lipinski definition) is 2. The van der Waals surface area contributed by atoms with Crippen molar-refractivity contribution >= 4 is 34.0 Å². The molecule has 2 aliphatic carbocycles. The van der Waals surface area contributed by atoms with Crippen molar-refractivity contribution in [1.82, 2.24) is 15.2 Å². The molecule has 2 saturated carbocycles. The average Bonchev–Trinajstić information content (AvgIpc) is 3.66. The molecule has 0 bridgehead atoms. The molecule has 1 aromatic carbocycles. The Morgan fingerprint density at radius 1 is 1.14 bits per heavy atom. The third kappa shape index (κ3) is 6.23. The van der Waals surface area contributed by atoms with Crippen molar-refractivity contribution in [2.45, 2.75) is 56.8 Å². The number of benzene rings is 1. The summed E-state index contributed by atoms with van der Waals surface area (Å²) in [7, 11) is 4.19. The molecule has 1 heterocycles. The van der Waals surface area contributed by atoms with Gasteiger partial charge in [-0.1, -0.05) is 24.8 Å². The van der Waals surface area contributed by atoms with Gasteiger partial charge in [0.2, 0.25) is 5.91 Å². The van der Waals surface area contributed by atoms with E-state index in [-0.39, 0.29) is 23.6 Å². The predicted octanol–water partition coefficient (Wildman–Crippen LogP) is 5.63. The van der Waals surface area contributed by atoms with E-state index in [2.05, 4.69) is 41.2 Å². The first-order valence-electron chi connectivity index (χ1n) is 12.2. The number of alkyl halides is 3. The number of nitrogens with one attached hydrogen (secondary N) is 2. The standard InChI is InChI=1S/C27H33F3N4O/c1-17(27(28,29)30)25-22-7-4-8-24(32-19-11-13-21(14-12-19)34(2)3)23(22)16-20(33-25)6-5-15-31-26(35)18-9-10-18/h4-8,16,18-19,21,32H,1,9-15H2,2-3H3,(H,31,35)/b6-5+. The lowest BCUT2D eigenvalue weighted by Gasteiger charge is -2.33. The smallest absolute Gasteiger partial charge is 0.382 e. The lowest BCUT2D eigenvalue weighted by molar-refractivity contribution is -0.122. The van der Waals surface area contributed by atoms with Crippen LogP contribution in [-0.4, -0.2) is 54.7 Å². The zero-order chi connectivity index (χ0) is 25.2. The monoisotopic (exact) mass is 486 g/mol. The van der Waals surface area contributed by atoms with Crippen molar-refractivity contribution in [3.8, 4) is 0 Å². The van der Waals surface area contributed by atoms with E-state index in [4.69, 9.17) is 0 Å². The van der Waals surface area contributed by atoms with Crippen molar-refractivity contribution in [2.75, 3.05) is 26.0 Å².